The Kier molecular flexibility index (Phi) is 7.56. The molecule has 25 heavy (non-hydrogen) atoms. The van der Waals surface area contributed by atoms with E-state index in [2.05, 4.69) is 0 Å². The summed E-state index contributed by atoms with van der Waals surface area (Å²) in [5.41, 5.74) is 0. The molecule has 6 heteroatoms. The molecule has 0 atom stereocenters. The van der Waals surface area contributed by atoms with Crippen LogP contribution in [0, 0.1) is 0 Å². The Hall–Kier alpha value is -2.76. The van der Waals surface area contributed by atoms with Crippen molar-refractivity contribution in [3.05, 3.63) is 54.5 Å². The van der Waals surface area contributed by atoms with E-state index in [1.165, 1.54) is 0 Å². The highest BCUT2D eigenvalue weighted by Crippen LogP contribution is 2.11. The number of benzene rings is 1. The number of hydrogen-bond acceptors (Lipinski definition) is 5. The van der Waals surface area contributed by atoms with E-state index in [4.69, 9.17) is 13.9 Å². The van der Waals surface area contributed by atoms with Crippen molar-refractivity contribution in [2.75, 3.05) is 19.8 Å². The van der Waals surface area contributed by atoms with Crippen LogP contribution in [0.5, 0.6) is 5.75 Å². The summed E-state index contributed by atoms with van der Waals surface area (Å²) in [5, 5.41) is 0. The molecular formula is C19H23NO5. The smallest absolute Gasteiger partial charge is 0.307 e. The average molecular weight is 345 g/mol. The summed E-state index contributed by atoms with van der Waals surface area (Å²) in [7, 11) is 0. The van der Waals surface area contributed by atoms with E-state index < -0.39 is 0 Å². The van der Waals surface area contributed by atoms with Gasteiger partial charge in [0.2, 0.25) is 5.91 Å². The molecule has 0 N–H and O–H groups in total. The zero-order valence-corrected chi connectivity index (χ0v) is 14.3. The molecular weight excluding hydrogens is 322 g/mol. The summed E-state index contributed by atoms with van der Waals surface area (Å²) in [6, 6.07) is 12.9. The molecule has 1 aromatic heterocycles. The summed E-state index contributed by atoms with van der Waals surface area (Å²) < 4.78 is 15.8. The number of furan rings is 1. The fourth-order valence-corrected chi connectivity index (χ4v) is 2.27. The number of ether oxygens (including phenoxy) is 2. The van der Waals surface area contributed by atoms with Crippen molar-refractivity contribution >= 4 is 11.9 Å². The maximum Gasteiger partial charge on any atom is 0.307 e. The molecule has 0 radical (unpaired) electrons. The maximum atomic E-state index is 12.5. The van der Waals surface area contributed by atoms with Crippen LogP contribution in [0.2, 0.25) is 0 Å². The van der Waals surface area contributed by atoms with Gasteiger partial charge in [0.05, 0.1) is 38.9 Å². The van der Waals surface area contributed by atoms with Gasteiger partial charge in [-0.2, -0.15) is 0 Å². The molecule has 0 fully saturated rings. The van der Waals surface area contributed by atoms with Crippen molar-refractivity contribution < 1.29 is 23.5 Å². The zero-order valence-electron chi connectivity index (χ0n) is 14.3. The van der Waals surface area contributed by atoms with Crippen LogP contribution in [0.25, 0.3) is 0 Å². The minimum absolute atomic E-state index is 0.100. The highest BCUT2D eigenvalue weighted by atomic mass is 16.5. The highest BCUT2D eigenvalue weighted by molar-refractivity contribution is 5.77. The number of para-hydroxylation sites is 1. The first-order chi connectivity index (χ1) is 12.2. The quantitative estimate of drug-likeness (QED) is 0.619. The van der Waals surface area contributed by atoms with E-state index in [0.29, 0.717) is 18.9 Å². The molecule has 1 amide bonds. The van der Waals surface area contributed by atoms with E-state index in [1.807, 2.05) is 30.3 Å². The second-order valence-corrected chi connectivity index (χ2v) is 5.36. The molecule has 0 unspecified atom stereocenters. The molecule has 0 spiro atoms. The first kappa shape index (κ1) is 18.6. The minimum atomic E-state index is -0.319. The lowest BCUT2D eigenvalue weighted by molar-refractivity contribution is -0.144. The normalized spacial score (nSPS) is 10.3. The van der Waals surface area contributed by atoms with Gasteiger partial charge in [-0.25, -0.2) is 0 Å². The van der Waals surface area contributed by atoms with Crippen LogP contribution in [-0.4, -0.2) is 36.5 Å². The van der Waals surface area contributed by atoms with Gasteiger partial charge < -0.3 is 18.8 Å². The van der Waals surface area contributed by atoms with Crippen molar-refractivity contribution in [3.63, 3.8) is 0 Å². The highest BCUT2D eigenvalue weighted by Gasteiger charge is 2.17. The van der Waals surface area contributed by atoms with Gasteiger partial charge in [0.25, 0.3) is 0 Å². The predicted molar refractivity (Wildman–Crippen MR) is 91.9 cm³/mol. The summed E-state index contributed by atoms with van der Waals surface area (Å²) in [6.45, 7) is 2.96. The topological polar surface area (TPSA) is 69.0 Å². The Morgan fingerprint density at radius 1 is 1.08 bits per heavy atom. The first-order valence-corrected chi connectivity index (χ1v) is 8.32. The zero-order chi connectivity index (χ0) is 17.9. The van der Waals surface area contributed by atoms with Gasteiger partial charge in [-0.3, -0.25) is 9.59 Å². The molecule has 1 aromatic carbocycles. The Balaban J connectivity index is 1.86. The van der Waals surface area contributed by atoms with Crippen LogP contribution in [0.4, 0.5) is 0 Å². The van der Waals surface area contributed by atoms with Crippen LogP contribution < -0.4 is 4.74 Å². The van der Waals surface area contributed by atoms with E-state index in [-0.39, 0.29) is 37.9 Å². The number of esters is 1. The fraction of sp³-hybridized carbons (Fsp3) is 0.368. The van der Waals surface area contributed by atoms with Gasteiger partial charge in [-0.15, -0.1) is 0 Å². The lowest BCUT2D eigenvalue weighted by Gasteiger charge is -2.21. The van der Waals surface area contributed by atoms with Crippen LogP contribution in [0.3, 0.4) is 0 Å². The van der Waals surface area contributed by atoms with Gasteiger partial charge in [0.1, 0.15) is 11.5 Å². The molecule has 2 rings (SSSR count). The minimum Gasteiger partial charge on any atom is -0.493 e. The molecule has 134 valence electrons. The van der Waals surface area contributed by atoms with E-state index >= 15 is 0 Å². The summed E-state index contributed by atoms with van der Waals surface area (Å²) >= 11 is 0. The molecule has 0 bridgehead atoms. The number of amides is 1. The van der Waals surface area contributed by atoms with Crippen molar-refractivity contribution in [2.24, 2.45) is 0 Å². The molecule has 0 aliphatic carbocycles. The molecule has 1 heterocycles. The van der Waals surface area contributed by atoms with Crippen LogP contribution in [0.1, 0.15) is 25.5 Å². The number of rotatable bonds is 10. The Bertz CT molecular complexity index is 639. The second kappa shape index (κ2) is 10.2. The van der Waals surface area contributed by atoms with E-state index in [0.717, 1.165) is 5.75 Å². The van der Waals surface area contributed by atoms with Crippen LogP contribution in [-0.2, 0) is 20.9 Å². The molecule has 2 aromatic rings. The maximum absolute atomic E-state index is 12.5. The lowest BCUT2D eigenvalue weighted by Crippen LogP contribution is -2.33. The van der Waals surface area contributed by atoms with Crippen molar-refractivity contribution in [3.8, 4) is 5.75 Å². The number of carbonyl (C=O) groups is 2. The lowest BCUT2D eigenvalue weighted by atomic mass is 10.3. The first-order valence-electron chi connectivity index (χ1n) is 8.32. The van der Waals surface area contributed by atoms with Crippen molar-refractivity contribution in [1.29, 1.82) is 0 Å². The number of carbonyl (C=O) groups excluding carboxylic acids is 2. The monoisotopic (exact) mass is 345 g/mol. The predicted octanol–water partition coefficient (Wildman–Crippen LogP) is 3.03. The summed E-state index contributed by atoms with van der Waals surface area (Å²) in [5.74, 6) is 0.970. The molecule has 0 aliphatic rings. The number of hydrogen-bond donors (Lipinski definition) is 0. The third-order valence-corrected chi connectivity index (χ3v) is 3.50. The molecule has 0 saturated heterocycles. The van der Waals surface area contributed by atoms with Crippen molar-refractivity contribution in [1.82, 2.24) is 4.90 Å². The van der Waals surface area contributed by atoms with Crippen LogP contribution >= 0.6 is 0 Å². The summed E-state index contributed by atoms with van der Waals surface area (Å²) in [6.07, 6.45) is 1.93. The van der Waals surface area contributed by atoms with Gasteiger partial charge in [0.15, 0.2) is 0 Å². The van der Waals surface area contributed by atoms with Gasteiger partial charge >= 0.3 is 5.97 Å². The third-order valence-electron chi connectivity index (χ3n) is 3.50. The van der Waals surface area contributed by atoms with E-state index in [9.17, 15) is 9.59 Å². The second-order valence-electron chi connectivity index (χ2n) is 5.36. The largest absolute Gasteiger partial charge is 0.493 e. The number of nitrogens with zero attached hydrogens (tertiary/aromatic N) is 1. The summed E-state index contributed by atoms with van der Waals surface area (Å²) in [4.78, 5) is 25.6. The fourth-order valence-electron chi connectivity index (χ4n) is 2.27. The Labute approximate surface area is 147 Å². The van der Waals surface area contributed by atoms with Gasteiger partial charge in [-0.05, 0) is 31.2 Å². The van der Waals surface area contributed by atoms with Crippen molar-refractivity contribution in [2.45, 2.75) is 26.3 Å². The molecule has 0 aliphatic heterocycles. The average Bonchev–Trinajstić information content (AvgIpc) is 3.13. The molecule has 6 nitrogen and oxygen atoms in total. The third kappa shape index (κ3) is 6.71. The Morgan fingerprint density at radius 2 is 1.88 bits per heavy atom. The van der Waals surface area contributed by atoms with E-state index in [1.54, 1.807) is 30.2 Å². The Morgan fingerprint density at radius 3 is 2.56 bits per heavy atom. The molecule has 0 saturated carbocycles. The van der Waals surface area contributed by atoms with Crippen LogP contribution in [0.15, 0.2) is 53.1 Å². The SMILES string of the molecule is CCOC(=O)CCN(Cc1ccco1)C(=O)CCOc1ccccc1. The van der Waals surface area contributed by atoms with Gasteiger partial charge in [0, 0.05) is 6.54 Å². The van der Waals surface area contributed by atoms with Gasteiger partial charge in [-0.1, -0.05) is 18.2 Å². The standard InChI is InChI=1S/C19H23NO5/c1-2-23-19(22)10-12-20(15-17-9-6-13-24-17)18(21)11-14-25-16-7-4-3-5-8-16/h3-9,13H,2,10-12,14-15H2,1H3.